The van der Waals surface area contributed by atoms with Gasteiger partial charge in [-0.15, -0.1) is 0 Å². The highest BCUT2D eigenvalue weighted by Gasteiger charge is 2.23. The summed E-state index contributed by atoms with van der Waals surface area (Å²) in [5.41, 5.74) is 3.96. The van der Waals surface area contributed by atoms with Gasteiger partial charge in [-0.3, -0.25) is 9.10 Å². The van der Waals surface area contributed by atoms with Gasteiger partial charge in [-0.1, -0.05) is 48.0 Å². The summed E-state index contributed by atoms with van der Waals surface area (Å²) in [7, 11) is -2.29. The van der Waals surface area contributed by atoms with Crippen LogP contribution >= 0.6 is 0 Å². The summed E-state index contributed by atoms with van der Waals surface area (Å²) in [5.74, 6) is -0.321. The van der Waals surface area contributed by atoms with Crippen molar-refractivity contribution in [2.24, 2.45) is 0 Å². The molecule has 1 amide bonds. The van der Waals surface area contributed by atoms with E-state index in [1.54, 1.807) is 24.3 Å². The van der Waals surface area contributed by atoms with Crippen LogP contribution in [0.4, 0.5) is 5.69 Å². The molecule has 5 nitrogen and oxygen atoms in total. The molecule has 0 aromatic heterocycles. The van der Waals surface area contributed by atoms with Crippen LogP contribution in [-0.2, 0) is 10.0 Å². The number of anilines is 1. The minimum absolute atomic E-state index is 0.0714. The minimum Gasteiger partial charge on any atom is -0.346 e. The summed E-state index contributed by atoms with van der Waals surface area (Å²) in [6.45, 7) is 5.81. The number of nitrogens with one attached hydrogen (secondary N) is 1. The van der Waals surface area contributed by atoms with Gasteiger partial charge in [-0.25, -0.2) is 8.42 Å². The molecule has 0 bridgehead atoms. The summed E-state index contributed by atoms with van der Waals surface area (Å²) in [6, 6.07) is 21.1. The topological polar surface area (TPSA) is 66.5 Å². The monoisotopic (exact) mass is 422 g/mol. The molecule has 156 valence electrons. The summed E-state index contributed by atoms with van der Waals surface area (Å²) in [5, 5.41) is 2.93. The first-order valence-corrected chi connectivity index (χ1v) is 11.2. The molecular weight excluding hydrogens is 396 g/mol. The van der Waals surface area contributed by atoms with Gasteiger partial charge < -0.3 is 5.32 Å². The summed E-state index contributed by atoms with van der Waals surface area (Å²) >= 11 is 0. The molecule has 0 aliphatic rings. The molecule has 3 aromatic rings. The largest absolute Gasteiger partial charge is 0.346 e. The van der Waals surface area contributed by atoms with E-state index in [0.717, 1.165) is 16.7 Å². The first kappa shape index (κ1) is 21.6. The lowest BCUT2D eigenvalue weighted by Crippen LogP contribution is -2.28. The molecule has 0 heterocycles. The van der Waals surface area contributed by atoms with Gasteiger partial charge in [0.05, 0.1) is 16.6 Å². The van der Waals surface area contributed by atoms with Crippen LogP contribution in [0.3, 0.4) is 0 Å². The lowest BCUT2D eigenvalue weighted by Gasteiger charge is -2.20. The average molecular weight is 423 g/mol. The van der Waals surface area contributed by atoms with E-state index < -0.39 is 10.0 Å². The SMILES string of the molecule is Cc1ccc(C(C)NC(=O)c2cccc(S(=O)(=O)N(C)c3cccc(C)c3)c2)cc1. The van der Waals surface area contributed by atoms with Crippen molar-refractivity contribution < 1.29 is 13.2 Å². The van der Waals surface area contributed by atoms with Gasteiger partial charge in [-0.05, 0) is 62.2 Å². The lowest BCUT2D eigenvalue weighted by atomic mass is 10.1. The van der Waals surface area contributed by atoms with Crippen molar-refractivity contribution in [3.8, 4) is 0 Å². The Morgan fingerprint density at radius 2 is 1.57 bits per heavy atom. The Bertz CT molecular complexity index is 1160. The maximum atomic E-state index is 13.1. The van der Waals surface area contributed by atoms with E-state index in [2.05, 4.69) is 5.32 Å². The van der Waals surface area contributed by atoms with E-state index >= 15 is 0 Å². The third-order valence-corrected chi connectivity index (χ3v) is 6.83. The van der Waals surface area contributed by atoms with E-state index in [1.165, 1.54) is 23.5 Å². The molecule has 0 aliphatic heterocycles. The third kappa shape index (κ3) is 4.71. The van der Waals surface area contributed by atoms with Gasteiger partial charge in [0.2, 0.25) is 0 Å². The van der Waals surface area contributed by atoms with Gasteiger partial charge in [-0.2, -0.15) is 0 Å². The number of hydrogen-bond donors (Lipinski definition) is 1. The van der Waals surface area contributed by atoms with Crippen molar-refractivity contribution >= 4 is 21.6 Å². The molecule has 1 unspecified atom stereocenters. The van der Waals surface area contributed by atoms with Gasteiger partial charge in [0.1, 0.15) is 0 Å². The van der Waals surface area contributed by atoms with Crippen molar-refractivity contribution in [1.29, 1.82) is 0 Å². The highest BCUT2D eigenvalue weighted by atomic mass is 32.2. The molecule has 0 saturated heterocycles. The molecule has 0 fully saturated rings. The molecule has 30 heavy (non-hydrogen) atoms. The smallest absolute Gasteiger partial charge is 0.264 e. The van der Waals surface area contributed by atoms with Crippen LogP contribution < -0.4 is 9.62 Å². The summed E-state index contributed by atoms with van der Waals surface area (Å²) < 4.78 is 27.4. The first-order chi connectivity index (χ1) is 14.2. The van der Waals surface area contributed by atoms with E-state index in [1.807, 2.05) is 57.2 Å². The predicted molar refractivity (Wildman–Crippen MR) is 120 cm³/mol. The molecule has 3 aromatic carbocycles. The number of carbonyl (C=O) groups excluding carboxylic acids is 1. The van der Waals surface area contributed by atoms with Crippen molar-refractivity contribution in [2.45, 2.75) is 31.7 Å². The fraction of sp³-hybridized carbons (Fsp3) is 0.208. The summed E-state index contributed by atoms with van der Waals surface area (Å²) in [6.07, 6.45) is 0. The zero-order chi connectivity index (χ0) is 21.9. The number of rotatable bonds is 6. The van der Waals surface area contributed by atoms with Gasteiger partial charge in [0.25, 0.3) is 15.9 Å². The second-order valence-corrected chi connectivity index (χ2v) is 9.41. The van der Waals surface area contributed by atoms with Gasteiger partial charge in [0.15, 0.2) is 0 Å². The first-order valence-electron chi connectivity index (χ1n) is 9.71. The fourth-order valence-corrected chi connectivity index (χ4v) is 4.37. The van der Waals surface area contributed by atoms with Crippen LogP contribution in [0.15, 0.2) is 77.7 Å². The number of nitrogens with zero attached hydrogens (tertiary/aromatic N) is 1. The van der Waals surface area contributed by atoms with E-state index in [9.17, 15) is 13.2 Å². The second-order valence-electron chi connectivity index (χ2n) is 7.45. The lowest BCUT2D eigenvalue weighted by molar-refractivity contribution is 0.0939. The van der Waals surface area contributed by atoms with Crippen LogP contribution in [0, 0.1) is 13.8 Å². The Morgan fingerprint density at radius 3 is 2.23 bits per heavy atom. The Labute approximate surface area is 178 Å². The van der Waals surface area contributed by atoms with Crippen LogP contribution in [0.1, 0.15) is 40.0 Å². The quantitative estimate of drug-likeness (QED) is 0.630. The Hall–Kier alpha value is -3.12. The molecule has 1 atom stereocenters. The molecule has 0 saturated carbocycles. The second kappa shape index (κ2) is 8.71. The Morgan fingerprint density at radius 1 is 0.900 bits per heavy atom. The van der Waals surface area contributed by atoms with E-state index in [4.69, 9.17) is 0 Å². The van der Waals surface area contributed by atoms with Gasteiger partial charge >= 0.3 is 0 Å². The van der Waals surface area contributed by atoms with Crippen molar-refractivity contribution in [1.82, 2.24) is 5.32 Å². The Kier molecular flexibility index (Phi) is 6.27. The molecule has 1 N–H and O–H groups in total. The zero-order valence-electron chi connectivity index (χ0n) is 17.6. The van der Waals surface area contributed by atoms with Gasteiger partial charge in [0, 0.05) is 12.6 Å². The van der Waals surface area contributed by atoms with Crippen LogP contribution in [0.5, 0.6) is 0 Å². The zero-order valence-corrected chi connectivity index (χ0v) is 18.4. The van der Waals surface area contributed by atoms with Crippen LogP contribution in [0.25, 0.3) is 0 Å². The summed E-state index contributed by atoms with van der Waals surface area (Å²) in [4.78, 5) is 12.8. The van der Waals surface area contributed by atoms with Crippen LogP contribution in [-0.4, -0.2) is 21.4 Å². The number of carbonyl (C=O) groups is 1. The number of amides is 1. The third-order valence-electron chi connectivity index (χ3n) is 5.04. The standard InChI is InChI=1S/C24H26N2O3S/c1-17-11-13-20(14-12-17)19(3)25-24(27)21-8-6-10-23(16-21)30(28,29)26(4)22-9-5-7-18(2)15-22/h5-16,19H,1-4H3,(H,25,27). The molecule has 3 rings (SSSR count). The van der Waals surface area contributed by atoms with Crippen molar-refractivity contribution in [2.75, 3.05) is 11.4 Å². The maximum Gasteiger partial charge on any atom is 0.264 e. The highest BCUT2D eigenvalue weighted by molar-refractivity contribution is 7.92. The van der Waals surface area contributed by atoms with Crippen LogP contribution in [0.2, 0.25) is 0 Å². The fourth-order valence-electron chi connectivity index (χ4n) is 3.14. The Balaban J connectivity index is 1.82. The van der Waals surface area contributed by atoms with E-state index in [-0.39, 0.29) is 16.8 Å². The van der Waals surface area contributed by atoms with E-state index in [0.29, 0.717) is 11.3 Å². The molecule has 6 heteroatoms. The predicted octanol–water partition coefficient (Wildman–Crippen LogP) is 4.62. The molecule has 0 spiro atoms. The molecule has 0 radical (unpaired) electrons. The number of sulfonamides is 1. The van der Waals surface area contributed by atoms with Crippen molar-refractivity contribution in [3.63, 3.8) is 0 Å². The average Bonchev–Trinajstić information content (AvgIpc) is 2.73. The maximum absolute atomic E-state index is 13.1. The minimum atomic E-state index is -3.80. The van der Waals surface area contributed by atoms with Crippen molar-refractivity contribution in [3.05, 3.63) is 95.1 Å². The number of benzene rings is 3. The normalized spacial score (nSPS) is 12.3. The molecular formula is C24H26N2O3S. The number of hydrogen-bond acceptors (Lipinski definition) is 3. The number of aryl methyl sites for hydroxylation is 2. The molecule has 0 aliphatic carbocycles. The highest BCUT2D eigenvalue weighted by Crippen LogP contribution is 2.24.